The van der Waals surface area contributed by atoms with Gasteiger partial charge in [-0.3, -0.25) is 9.59 Å². The van der Waals surface area contributed by atoms with Crippen LogP contribution in [0.5, 0.6) is 0 Å². The highest BCUT2D eigenvalue weighted by molar-refractivity contribution is 5.75. The summed E-state index contributed by atoms with van der Waals surface area (Å²) in [4.78, 5) is 34.5. The van der Waals surface area contributed by atoms with E-state index in [9.17, 15) is 14.4 Å². The maximum Gasteiger partial charge on any atom is 0.407 e. The van der Waals surface area contributed by atoms with Crippen molar-refractivity contribution in [3.8, 4) is 0 Å². The van der Waals surface area contributed by atoms with Crippen molar-refractivity contribution in [2.75, 3.05) is 14.2 Å². The smallest absolute Gasteiger partial charge is 0.407 e. The Morgan fingerprint density at radius 2 is 1.71 bits per heavy atom. The van der Waals surface area contributed by atoms with Crippen molar-refractivity contribution in [2.24, 2.45) is 11.8 Å². The molecule has 0 spiro atoms. The van der Waals surface area contributed by atoms with Gasteiger partial charge in [-0.05, 0) is 50.7 Å². The van der Waals surface area contributed by atoms with Crippen molar-refractivity contribution >= 4 is 18.0 Å². The Balaban J connectivity index is 0.000000614. The summed E-state index contributed by atoms with van der Waals surface area (Å²) in [5.74, 6) is -0.156. The van der Waals surface area contributed by atoms with Crippen LogP contribution < -0.4 is 5.32 Å². The summed E-state index contributed by atoms with van der Waals surface area (Å²) in [6.45, 7) is 6.90. The van der Waals surface area contributed by atoms with Crippen molar-refractivity contribution in [3.05, 3.63) is 35.4 Å². The van der Waals surface area contributed by atoms with Crippen molar-refractivity contribution in [2.45, 2.75) is 70.9 Å². The van der Waals surface area contributed by atoms with Gasteiger partial charge in [0.2, 0.25) is 0 Å². The molecule has 1 amide bonds. The number of amides is 1. The Morgan fingerprint density at radius 1 is 1.10 bits per heavy atom. The monoisotopic (exact) mass is 433 g/mol. The third-order valence-electron chi connectivity index (χ3n) is 5.50. The molecular formula is C24H35NO6. The van der Waals surface area contributed by atoms with Crippen LogP contribution in [-0.2, 0) is 30.2 Å². The molecule has 172 valence electrons. The fourth-order valence-electron chi connectivity index (χ4n) is 3.98. The molecule has 0 radical (unpaired) electrons. The van der Waals surface area contributed by atoms with Crippen LogP contribution in [0.4, 0.5) is 4.79 Å². The first-order chi connectivity index (χ1) is 14.6. The van der Waals surface area contributed by atoms with Crippen molar-refractivity contribution in [1.29, 1.82) is 0 Å². The second-order valence-corrected chi connectivity index (χ2v) is 9.19. The first kappa shape index (κ1) is 24.7. The maximum atomic E-state index is 12.6. The van der Waals surface area contributed by atoms with Crippen LogP contribution in [0, 0.1) is 11.8 Å². The Kier molecular flexibility index (Phi) is 8.48. The van der Waals surface area contributed by atoms with E-state index in [1.165, 1.54) is 39.5 Å². The fraction of sp³-hybridized carbons (Fsp3) is 0.625. The van der Waals surface area contributed by atoms with Gasteiger partial charge in [0.05, 0.1) is 20.1 Å². The number of alkyl carbamates (subject to hydrolysis) is 1. The second kappa shape index (κ2) is 10.6. The Labute approximate surface area is 184 Å². The molecule has 7 heteroatoms. The first-order valence-electron chi connectivity index (χ1n) is 10.8. The second-order valence-electron chi connectivity index (χ2n) is 9.19. The third kappa shape index (κ3) is 7.56. The number of methoxy groups -OCH3 is 2. The van der Waals surface area contributed by atoms with E-state index in [-0.39, 0.29) is 29.8 Å². The van der Waals surface area contributed by atoms with Crippen LogP contribution in [0.15, 0.2) is 24.3 Å². The molecule has 0 aromatic heterocycles. The number of rotatable bonds is 5. The van der Waals surface area contributed by atoms with Crippen molar-refractivity contribution < 1.29 is 28.6 Å². The summed E-state index contributed by atoms with van der Waals surface area (Å²) in [5.41, 5.74) is 1.77. The first-order valence-corrected chi connectivity index (χ1v) is 10.8. The number of nitrogens with one attached hydrogen (secondary N) is 1. The van der Waals surface area contributed by atoms with Crippen molar-refractivity contribution in [1.82, 2.24) is 5.32 Å². The van der Waals surface area contributed by atoms with Gasteiger partial charge in [0.15, 0.2) is 0 Å². The topological polar surface area (TPSA) is 90.9 Å². The van der Waals surface area contributed by atoms with Crippen LogP contribution in [-0.4, -0.2) is 43.9 Å². The van der Waals surface area contributed by atoms with Gasteiger partial charge in [-0.15, -0.1) is 0 Å². The summed E-state index contributed by atoms with van der Waals surface area (Å²) >= 11 is 0. The predicted octanol–water partition coefficient (Wildman–Crippen LogP) is 3.99. The molecule has 7 nitrogen and oxygen atoms in total. The van der Waals surface area contributed by atoms with Gasteiger partial charge >= 0.3 is 18.0 Å². The van der Waals surface area contributed by atoms with E-state index in [1.807, 2.05) is 32.9 Å². The van der Waals surface area contributed by atoms with Gasteiger partial charge < -0.3 is 19.5 Å². The summed E-state index contributed by atoms with van der Waals surface area (Å²) in [5, 5.41) is 3.02. The lowest BCUT2D eigenvalue weighted by atomic mass is 9.81. The Hall–Kier alpha value is -2.57. The van der Waals surface area contributed by atoms with Crippen molar-refractivity contribution in [3.63, 3.8) is 0 Å². The number of ether oxygens (including phenoxy) is 3. The lowest BCUT2D eigenvalue weighted by Crippen LogP contribution is -2.44. The quantitative estimate of drug-likeness (QED) is 0.558. The molecule has 3 rings (SSSR count). The van der Waals surface area contributed by atoms with Gasteiger partial charge in [-0.2, -0.15) is 0 Å². The highest BCUT2D eigenvalue weighted by Crippen LogP contribution is 2.45. The molecule has 1 N–H and O–H groups in total. The van der Waals surface area contributed by atoms with E-state index in [1.54, 1.807) is 0 Å². The number of fused-ring (bicyclic) bond motifs is 1. The maximum absolute atomic E-state index is 12.6. The normalized spacial score (nSPS) is 20.5. The minimum Gasteiger partial charge on any atom is -0.469 e. The third-order valence-corrected chi connectivity index (χ3v) is 5.50. The summed E-state index contributed by atoms with van der Waals surface area (Å²) in [7, 11) is 2.79. The summed E-state index contributed by atoms with van der Waals surface area (Å²) in [6, 6.07) is 7.97. The van der Waals surface area contributed by atoms with E-state index < -0.39 is 11.7 Å². The number of hydrogen-bond donors (Lipinski definition) is 1. The van der Waals surface area contributed by atoms with Crippen LogP contribution in [0.25, 0.3) is 0 Å². The number of carbonyl (C=O) groups is 3. The lowest BCUT2D eigenvalue weighted by molar-refractivity contribution is -0.147. The molecule has 1 unspecified atom stereocenters. The SMILES string of the molecule is COC(=O)C(CC1CC1)[C@@H]1c2ccccc2C[C@H]1NC(=O)OC(C)(C)C.COC(C)=O. The number of hydrogen-bond acceptors (Lipinski definition) is 6. The van der Waals surface area contributed by atoms with E-state index in [0.717, 1.165) is 12.0 Å². The lowest BCUT2D eigenvalue weighted by Gasteiger charge is -2.29. The van der Waals surface area contributed by atoms with Crippen LogP contribution in [0.2, 0.25) is 0 Å². The average Bonchev–Trinajstić information content (AvgIpc) is 3.44. The van der Waals surface area contributed by atoms with Crippen LogP contribution in [0.3, 0.4) is 0 Å². The largest absolute Gasteiger partial charge is 0.469 e. The van der Waals surface area contributed by atoms with Gasteiger partial charge in [-0.25, -0.2) is 4.79 Å². The Bertz CT molecular complexity index is 781. The molecule has 31 heavy (non-hydrogen) atoms. The van der Waals surface area contributed by atoms with Gasteiger partial charge in [0.1, 0.15) is 5.60 Å². The highest BCUT2D eigenvalue weighted by atomic mass is 16.6. The summed E-state index contributed by atoms with van der Waals surface area (Å²) in [6.07, 6.45) is 3.43. The molecule has 3 atom stereocenters. The van der Waals surface area contributed by atoms with Crippen LogP contribution in [0.1, 0.15) is 64.0 Å². The molecule has 1 fully saturated rings. The molecule has 0 heterocycles. The van der Waals surface area contributed by atoms with E-state index in [2.05, 4.69) is 22.2 Å². The van der Waals surface area contributed by atoms with E-state index >= 15 is 0 Å². The van der Waals surface area contributed by atoms with E-state index in [4.69, 9.17) is 9.47 Å². The average molecular weight is 434 g/mol. The van der Waals surface area contributed by atoms with Gasteiger partial charge in [0.25, 0.3) is 0 Å². The zero-order chi connectivity index (χ0) is 23.2. The molecule has 1 saturated carbocycles. The molecular weight excluding hydrogens is 398 g/mol. The molecule has 0 aliphatic heterocycles. The van der Waals surface area contributed by atoms with E-state index in [0.29, 0.717) is 12.3 Å². The number of esters is 2. The number of benzene rings is 1. The minimum atomic E-state index is -0.555. The molecule has 0 saturated heterocycles. The molecule has 1 aromatic rings. The molecule has 0 bridgehead atoms. The zero-order valence-corrected chi connectivity index (χ0v) is 19.4. The molecule has 2 aliphatic carbocycles. The van der Waals surface area contributed by atoms with Gasteiger partial charge in [-0.1, -0.05) is 37.1 Å². The summed E-state index contributed by atoms with van der Waals surface area (Å²) < 4.78 is 14.7. The van der Waals surface area contributed by atoms with Gasteiger partial charge in [0, 0.05) is 18.9 Å². The Morgan fingerprint density at radius 3 is 2.23 bits per heavy atom. The minimum absolute atomic E-state index is 0.0771. The number of carbonyl (C=O) groups excluding carboxylic acids is 3. The fourth-order valence-corrected chi connectivity index (χ4v) is 3.98. The zero-order valence-electron chi connectivity index (χ0n) is 19.4. The molecule has 2 aliphatic rings. The predicted molar refractivity (Wildman–Crippen MR) is 117 cm³/mol. The molecule has 1 aromatic carbocycles. The van der Waals surface area contributed by atoms with Crippen LogP contribution >= 0.6 is 0 Å². The highest BCUT2D eigenvalue weighted by Gasteiger charge is 2.44. The standard InChI is InChI=1S/C21H29NO4.C3H6O2/c1-21(2,3)26-20(24)22-17-12-14-7-5-6-8-15(14)18(17)16(19(23)25-4)11-13-9-10-13;1-3(4)5-2/h5-8,13,16-18H,9-12H2,1-4H3,(H,22,24);1-2H3/t16?,17-,18+;/m1./s1.